The van der Waals surface area contributed by atoms with E-state index < -0.39 is 20.8 Å². The van der Waals surface area contributed by atoms with E-state index in [4.69, 9.17) is 4.55 Å². The van der Waals surface area contributed by atoms with Crippen LogP contribution in [0.2, 0.25) is 0 Å². The van der Waals surface area contributed by atoms with E-state index in [1.165, 1.54) is 0 Å². The molecule has 0 fully saturated rings. The van der Waals surface area contributed by atoms with Crippen molar-refractivity contribution in [1.82, 2.24) is 0 Å². The molecule has 0 saturated carbocycles. The van der Waals surface area contributed by atoms with E-state index in [0.717, 1.165) is 19.3 Å². The SMILES string of the molecule is CCCCC(CC)COS(=O)(=O)OS(=O)(=O)O. The van der Waals surface area contributed by atoms with Gasteiger partial charge in [0.1, 0.15) is 0 Å². The van der Waals surface area contributed by atoms with Crippen LogP contribution in [0.3, 0.4) is 0 Å². The van der Waals surface area contributed by atoms with Crippen LogP contribution in [-0.4, -0.2) is 28.0 Å². The highest BCUT2D eigenvalue weighted by Gasteiger charge is 2.22. The van der Waals surface area contributed by atoms with Crippen molar-refractivity contribution in [1.29, 1.82) is 0 Å². The first-order valence-corrected chi connectivity index (χ1v) is 7.98. The van der Waals surface area contributed by atoms with Gasteiger partial charge in [0.15, 0.2) is 0 Å². The Hall–Kier alpha value is -0.220. The van der Waals surface area contributed by atoms with Crippen molar-refractivity contribution in [3.63, 3.8) is 0 Å². The third-order valence-electron chi connectivity index (χ3n) is 2.16. The highest BCUT2D eigenvalue weighted by Crippen LogP contribution is 2.14. The van der Waals surface area contributed by atoms with Crippen LogP contribution in [0.1, 0.15) is 39.5 Å². The van der Waals surface area contributed by atoms with Crippen LogP contribution in [0.15, 0.2) is 0 Å². The van der Waals surface area contributed by atoms with Crippen molar-refractivity contribution < 1.29 is 29.2 Å². The van der Waals surface area contributed by atoms with Gasteiger partial charge in [0.05, 0.1) is 6.61 Å². The first-order chi connectivity index (χ1) is 7.70. The van der Waals surface area contributed by atoms with Crippen molar-refractivity contribution in [2.75, 3.05) is 6.61 Å². The van der Waals surface area contributed by atoms with Crippen LogP contribution in [0, 0.1) is 5.92 Å². The summed E-state index contributed by atoms with van der Waals surface area (Å²) in [4.78, 5) is 0. The zero-order chi connectivity index (χ0) is 13.5. The van der Waals surface area contributed by atoms with Gasteiger partial charge < -0.3 is 0 Å². The predicted octanol–water partition coefficient (Wildman–Crippen LogP) is 1.28. The molecule has 0 aromatic rings. The van der Waals surface area contributed by atoms with Gasteiger partial charge in [-0.3, -0.25) is 4.55 Å². The van der Waals surface area contributed by atoms with Crippen molar-refractivity contribution >= 4 is 20.8 Å². The number of unbranched alkanes of at least 4 members (excludes halogenated alkanes) is 1. The van der Waals surface area contributed by atoms with Crippen molar-refractivity contribution in [2.24, 2.45) is 5.92 Å². The standard InChI is InChI=1S/C8H18O7S2/c1-3-5-6-8(4-2)7-14-17(12,13)15-16(9,10)11/h8H,3-7H2,1-2H3,(H,9,10,11). The highest BCUT2D eigenvalue weighted by molar-refractivity contribution is 7.94. The van der Waals surface area contributed by atoms with E-state index in [-0.39, 0.29) is 12.5 Å². The molecule has 9 heteroatoms. The third kappa shape index (κ3) is 9.48. The first kappa shape index (κ1) is 16.8. The molecule has 0 rings (SSSR count). The Morgan fingerprint density at radius 3 is 2.18 bits per heavy atom. The van der Waals surface area contributed by atoms with Crippen LogP contribution in [0.4, 0.5) is 0 Å². The Bertz CT molecular complexity index is 398. The minimum atomic E-state index is -5.07. The number of rotatable bonds is 9. The molecule has 1 atom stereocenters. The molecule has 1 unspecified atom stereocenters. The van der Waals surface area contributed by atoms with Crippen LogP contribution >= 0.6 is 0 Å². The highest BCUT2D eigenvalue weighted by atomic mass is 32.3. The van der Waals surface area contributed by atoms with E-state index in [0.29, 0.717) is 6.42 Å². The summed E-state index contributed by atoms with van der Waals surface area (Å²) in [6, 6.07) is 0. The van der Waals surface area contributed by atoms with E-state index in [1.807, 2.05) is 13.8 Å². The van der Waals surface area contributed by atoms with Gasteiger partial charge in [-0.2, -0.15) is 16.8 Å². The normalized spacial score (nSPS) is 14.8. The monoisotopic (exact) mass is 290 g/mol. The fourth-order valence-electron chi connectivity index (χ4n) is 1.20. The van der Waals surface area contributed by atoms with Crippen molar-refractivity contribution in [2.45, 2.75) is 39.5 Å². The summed E-state index contributed by atoms with van der Waals surface area (Å²) in [7, 11) is -9.77. The summed E-state index contributed by atoms with van der Waals surface area (Å²) in [6.45, 7) is 3.72. The molecule has 1 N–H and O–H groups in total. The van der Waals surface area contributed by atoms with Gasteiger partial charge in [-0.1, -0.05) is 33.1 Å². The molecule has 0 aromatic heterocycles. The lowest BCUT2D eigenvalue weighted by Crippen LogP contribution is -2.19. The molecule has 0 radical (unpaired) electrons. The Morgan fingerprint density at radius 2 is 1.76 bits per heavy atom. The summed E-state index contributed by atoms with van der Waals surface area (Å²) in [6.07, 6.45) is 3.40. The Morgan fingerprint density at radius 1 is 1.18 bits per heavy atom. The molecular formula is C8H18O7S2. The molecule has 0 heterocycles. The second-order valence-corrected chi connectivity index (χ2v) is 6.06. The summed E-state index contributed by atoms with van der Waals surface area (Å²) >= 11 is 0. The molecule has 0 aliphatic carbocycles. The van der Waals surface area contributed by atoms with E-state index in [2.05, 4.69) is 7.81 Å². The molecule has 0 aromatic carbocycles. The van der Waals surface area contributed by atoms with Gasteiger partial charge in [-0.15, -0.1) is 3.63 Å². The molecule has 0 spiro atoms. The third-order valence-corrected chi connectivity index (χ3v) is 3.94. The molecule has 0 aliphatic heterocycles. The quantitative estimate of drug-likeness (QED) is 0.637. The van der Waals surface area contributed by atoms with Crippen LogP contribution < -0.4 is 0 Å². The molecular weight excluding hydrogens is 272 g/mol. The number of hydrogen-bond acceptors (Lipinski definition) is 6. The maximum Gasteiger partial charge on any atom is 0.416 e. The van der Waals surface area contributed by atoms with Gasteiger partial charge in [-0.05, 0) is 12.3 Å². The molecule has 104 valence electrons. The van der Waals surface area contributed by atoms with Gasteiger partial charge in [-0.25, -0.2) is 4.18 Å². The predicted molar refractivity (Wildman–Crippen MR) is 60.8 cm³/mol. The lowest BCUT2D eigenvalue weighted by molar-refractivity contribution is 0.211. The summed E-state index contributed by atoms with van der Waals surface area (Å²) < 4.78 is 58.3. The Kier molecular flexibility index (Phi) is 7.17. The van der Waals surface area contributed by atoms with Crippen molar-refractivity contribution in [3.05, 3.63) is 0 Å². The van der Waals surface area contributed by atoms with Crippen LogP contribution in [0.25, 0.3) is 0 Å². The fraction of sp³-hybridized carbons (Fsp3) is 1.00. The van der Waals surface area contributed by atoms with E-state index in [9.17, 15) is 16.8 Å². The summed E-state index contributed by atoms with van der Waals surface area (Å²) in [5, 5.41) is 0. The van der Waals surface area contributed by atoms with Crippen LogP contribution in [0.5, 0.6) is 0 Å². The smallest absolute Gasteiger partial charge is 0.263 e. The summed E-state index contributed by atoms with van der Waals surface area (Å²) in [5.41, 5.74) is 0. The topological polar surface area (TPSA) is 107 Å². The largest absolute Gasteiger partial charge is 0.416 e. The van der Waals surface area contributed by atoms with E-state index >= 15 is 0 Å². The Labute approximate surface area is 102 Å². The minimum Gasteiger partial charge on any atom is -0.263 e. The van der Waals surface area contributed by atoms with Gasteiger partial charge in [0.25, 0.3) is 0 Å². The second-order valence-electron chi connectivity index (χ2n) is 3.61. The zero-order valence-electron chi connectivity index (χ0n) is 9.83. The molecule has 17 heavy (non-hydrogen) atoms. The molecule has 0 bridgehead atoms. The zero-order valence-corrected chi connectivity index (χ0v) is 11.5. The lowest BCUT2D eigenvalue weighted by Gasteiger charge is -2.13. The van der Waals surface area contributed by atoms with Crippen molar-refractivity contribution in [3.8, 4) is 0 Å². The second kappa shape index (κ2) is 7.27. The fourth-order valence-corrected chi connectivity index (χ4v) is 2.56. The molecule has 7 nitrogen and oxygen atoms in total. The lowest BCUT2D eigenvalue weighted by atomic mass is 10.0. The van der Waals surface area contributed by atoms with Crippen LogP contribution in [-0.2, 0) is 28.6 Å². The first-order valence-electron chi connectivity index (χ1n) is 5.28. The molecule has 0 amide bonds. The van der Waals surface area contributed by atoms with Gasteiger partial charge >= 0.3 is 20.8 Å². The Balaban J connectivity index is 4.24. The van der Waals surface area contributed by atoms with Gasteiger partial charge in [0, 0.05) is 0 Å². The average Bonchev–Trinajstić information content (AvgIpc) is 2.14. The minimum absolute atomic E-state index is 0.00900. The van der Waals surface area contributed by atoms with Gasteiger partial charge in [0.2, 0.25) is 0 Å². The number of hydrogen-bond donors (Lipinski definition) is 1. The maximum atomic E-state index is 11.0. The summed E-state index contributed by atoms with van der Waals surface area (Å²) in [5.74, 6) is 0.00900. The molecule has 0 saturated heterocycles. The average molecular weight is 290 g/mol. The molecule has 0 aliphatic rings. The van der Waals surface area contributed by atoms with E-state index in [1.54, 1.807) is 0 Å². The maximum absolute atomic E-state index is 11.0.